The van der Waals surface area contributed by atoms with Gasteiger partial charge in [-0.1, -0.05) is 6.92 Å². The summed E-state index contributed by atoms with van der Waals surface area (Å²) >= 11 is 1.30. The van der Waals surface area contributed by atoms with E-state index in [4.69, 9.17) is 4.74 Å². The van der Waals surface area contributed by atoms with Gasteiger partial charge < -0.3 is 10.1 Å². The SMILES string of the molecule is CCOc1ccc(NC(=O)C(CC)n2cnc3c(sc4ncccc43)c2=O)cc1. The first-order chi connectivity index (χ1) is 14.1. The molecule has 1 amide bonds. The summed E-state index contributed by atoms with van der Waals surface area (Å²) in [5.74, 6) is 0.473. The van der Waals surface area contributed by atoms with Crippen LogP contribution in [0.4, 0.5) is 5.69 Å². The molecule has 1 aromatic carbocycles. The molecule has 0 fully saturated rings. The summed E-state index contributed by atoms with van der Waals surface area (Å²) in [7, 11) is 0. The van der Waals surface area contributed by atoms with Crippen molar-refractivity contribution in [3.8, 4) is 5.75 Å². The summed E-state index contributed by atoms with van der Waals surface area (Å²) in [5, 5.41) is 3.72. The molecule has 3 aromatic heterocycles. The van der Waals surface area contributed by atoms with E-state index in [1.54, 1.807) is 30.5 Å². The van der Waals surface area contributed by atoms with Gasteiger partial charge in [-0.2, -0.15) is 0 Å². The van der Waals surface area contributed by atoms with Crippen LogP contribution in [0.25, 0.3) is 20.4 Å². The number of nitrogens with zero attached hydrogens (tertiary/aromatic N) is 3. The molecule has 0 bridgehead atoms. The van der Waals surface area contributed by atoms with Gasteiger partial charge >= 0.3 is 0 Å². The van der Waals surface area contributed by atoms with Crippen molar-refractivity contribution in [2.75, 3.05) is 11.9 Å². The molecule has 7 nitrogen and oxygen atoms in total. The number of carbonyl (C=O) groups is 1. The highest BCUT2D eigenvalue weighted by atomic mass is 32.1. The van der Waals surface area contributed by atoms with Crippen LogP contribution < -0.4 is 15.6 Å². The van der Waals surface area contributed by atoms with E-state index in [0.29, 0.717) is 28.9 Å². The molecule has 1 atom stereocenters. The van der Waals surface area contributed by atoms with Crippen LogP contribution >= 0.6 is 11.3 Å². The minimum absolute atomic E-state index is 0.230. The Morgan fingerprint density at radius 2 is 2.00 bits per heavy atom. The van der Waals surface area contributed by atoms with Crippen LogP contribution in [0.5, 0.6) is 5.75 Å². The van der Waals surface area contributed by atoms with E-state index in [-0.39, 0.29) is 11.5 Å². The highest BCUT2D eigenvalue weighted by Crippen LogP contribution is 2.28. The number of anilines is 1. The van der Waals surface area contributed by atoms with Crippen molar-refractivity contribution < 1.29 is 9.53 Å². The van der Waals surface area contributed by atoms with Gasteiger partial charge in [-0.3, -0.25) is 14.2 Å². The minimum atomic E-state index is -0.663. The summed E-state index contributed by atoms with van der Waals surface area (Å²) in [6, 6.07) is 10.2. The average molecular weight is 408 g/mol. The lowest BCUT2D eigenvalue weighted by Crippen LogP contribution is -2.33. The molecular formula is C21H20N4O3S. The summed E-state index contributed by atoms with van der Waals surface area (Å²) < 4.78 is 7.33. The number of benzene rings is 1. The van der Waals surface area contributed by atoms with E-state index in [2.05, 4.69) is 15.3 Å². The van der Waals surface area contributed by atoms with Crippen molar-refractivity contribution in [3.05, 3.63) is 59.3 Å². The van der Waals surface area contributed by atoms with Crippen LogP contribution in [0, 0.1) is 0 Å². The third-order valence-electron chi connectivity index (χ3n) is 4.64. The first-order valence-electron chi connectivity index (χ1n) is 9.40. The van der Waals surface area contributed by atoms with Crippen molar-refractivity contribution in [1.82, 2.24) is 14.5 Å². The van der Waals surface area contributed by atoms with E-state index >= 15 is 0 Å². The molecule has 148 valence electrons. The number of ether oxygens (including phenoxy) is 1. The van der Waals surface area contributed by atoms with Gasteiger partial charge in [0.2, 0.25) is 5.91 Å². The Morgan fingerprint density at radius 3 is 2.72 bits per heavy atom. The fourth-order valence-electron chi connectivity index (χ4n) is 3.24. The standard InChI is InChI=1S/C21H20N4O3S/c1-3-16(19(26)24-13-7-9-14(10-8-13)28-4-2)25-12-23-17-15-6-5-11-22-20(15)29-18(17)21(25)27/h5-12,16H,3-4H2,1-2H3,(H,24,26). The molecule has 29 heavy (non-hydrogen) atoms. The van der Waals surface area contributed by atoms with Gasteiger partial charge in [-0.05, 0) is 49.7 Å². The number of nitrogens with one attached hydrogen (secondary N) is 1. The van der Waals surface area contributed by atoms with Gasteiger partial charge in [-0.25, -0.2) is 9.97 Å². The van der Waals surface area contributed by atoms with Crippen LogP contribution in [0.1, 0.15) is 26.3 Å². The zero-order valence-corrected chi connectivity index (χ0v) is 16.9. The fourth-order valence-corrected chi connectivity index (χ4v) is 4.27. The molecular weight excluding hydrogens is 388 g/mol. The van der Waals surface area contributed by atoms with Crippen molar-refractivity contribution in [3.63, 3.8) is 0 Å². The zero-order valence-electron chi connectivity index (χ0n) is 16.1. The second-order valence-electron chi connectivity index (χ2n) is 6.46. The highest BCUT2D eigenvalue weighted by Gasteiger charge is 2.22. The summed E-state index contributed by atoms with van der Waals surface area (Å²) in [5.41, 5.74) is 1.04. The molecule has 0 aliphatic heterocycles. The van der Waals surface area contributed by atoms with Crippen molar-refractivity contribution >= 4 is 43.4 Å². The van der Waals surface area contributed by atoms with Gasteiger partial charge in [0.05, 0.1) is 18.5 Å². The smallest absolute Gasteiger partial charge is 0.272 e. The fraction of sp³-hybridized carbons (Fsp3) is 0.238. The second kappa shape index (κ2) is 8.00. The molecule has 4 rings (SSSR count). The predicted molar refractivity (Wildman–Crippen MR) is 115 cm³/mol. The third-order valence-corrected chi connectivity index (χ3v) is 5.73. The Balaban J connectivity index is 1.65. The second-order valence-corrected chi connectivity index (χ2v) is 7.46. The first kappa shape index (κ1) is 19.1. The topological polar surface area (TPSA) is 86.1 Å². The maximum absolute atomic E-state index is 13.1. The van der Waals surface area contributed by atoms with Gasteiger partial charge in [-0.15, -0.1) is 11.3 Å². The maximum Gasteiger partial charge on any atom is 0.272 e. The van der Waals surface area contributed by atoms with E-state index < -0.39 is 6.04 Å². The number of aromatic nitrogens is 3. The maximum atomic E-state index is 13.1. The third kappa shape index (κ3) is 3.58. The monoisotopic (exact) mass is 408 g/mol. The summed E-state index contributed by atoms with van der Waals surface area (Å²) in [4.78, 5) is 35.5. The molecule has 1 N–H and O–H groups in total. The Morgan fingerprint density at radius 1 is 1.21 bits per heavy atom. The quantitative estimate of drug-likeness (QED) is 0.521. The predicted octanol–water partition coefficient (Wildman–Crippen LogP) is 3.99. The van der Waals surface area contributed by atoms with Crippen LogP contribution in [0.2, 0.25) is 0 Å². The van der Waals surface area contributed by atoms with Gasteiger partial charge in [0.1, 0.15) is 21.3 Å². The van der Waals surface area contributed by atoms with Crippen LogP contribution in [-0.4, -0.2) is 27.0 Å². The van der Waals surface area contributed by atoms with E-state index in [0.717, 1.165) is 16.0 Å². The van der Waals surface area contributed by atoms with Crippen LogP contribution in [0.15, 0.2) is 53.7 Å². The van der Waals surface area contributed by atoms with Gasteiger partial charge in [0.15, 0.2) is 0 Å². The number of amides is 1. The lowest BCUT2D eigenvalue weighted by atomic mass is 10.2. The number of thiophene rings is 1. The minimum Gasteiger partial charge on any atom is -0.494 e. The van der Waals surface area contributed by atoms with Gasteiger partial charge in [0, 0.05) is 17.3 Å². The Kier molecular flexibility index (Phi) is 5.26. The van der Waals surface area contributed by atoms with E-state index in [1.807, 2.05) is 26.0 Å². The molecule has 0 radical (unpaired) electrons. The van der Waals surface area contributed by atoms with Crippen molar-refractivity contribution in [2.45, 2.75) is 26.3 Å². The Hall–Kier alpha value is -3.26. The van der Waals surface area contributed by atoms with Crippen LogP contribution in [0.3, 0.4) is 0 Å². The number of carbonyl (C=O) groups excluding carboxylic acids is 1. The molecule has 3 heterocycles. The normalized spacial score (nSPS) is 12.2. The summed E-state index contributed by atoms with van der Waals surface area (Å²) in [6.45, 7) is 4.36. The number of hydrogen-bond acceptors (Lipinski definition) is 6. The Labute approximate surface area is 171 Å². The highest BCUT2D eigenvalue weighted by molar-refractivity contribution is 7.25. The number of fused-ring (bicyclic) bond motifs is 3. The van der Waals surface area contributed by atoms with Crippen LogP contribution in [-0.2, 0) is 4.79 Å². The molecule has 0 aliphatic carbocycles. The summed E-state index contributed by atoms with van der Waals surface area (Å²) in [6.07, 6.45) is 3.60. The largest absolute Gasteiger partial charge is 0.494 e. The number of rotatable bonds is 6. The molecule has 8 heteroatoms. The molecule has 0 saturated heterocycles. The molecule has 1 unspecified atom stereocenters. The number of pyridine rings is 1. The van der Waals surface area contributed by atoms with E-state index in [1.165, 1.54) is 22.2 Å². The van der Waals surface area contributed by atoms with Crippen molar-refractivity contribution in [2.24, 2.45) is 0 Å². The molecule has 0 saturated carbocycles. The first-order valence-corrected chi connectivity index (χ1v) is 10.2. The number of hydrogen-bond donors (Lipinski definition) is 1. The van der Waals surface area contributed by atoms with Gasteiger partial charge in [0.25, 0.3) is 5.56 Å². The van der Waals surface area contributed by atoms with E-state index in [9.17, 15) is 9.59 Å². The molecule has 4 aromatic rings. The molecule has 0 spiro atoms. The Bertz CT molecular complexity index is 1230. The lowest BCUT2D eigenvalue weighted by molar-refractivity contribution is -0.119. The van der Waals surface area contributed by atoms with Crippen molar-refractivity contribution in [1.29, 1.82) is 0 Å². The lowest BCUT2D eigenvalue weighted by Gasteiger charge is -2.17. The molecule has 0 aliphatic rings. The average Bonchev–Trinajstić information content (AvgIpc) is 3.11. The zero-order chi connectivity index (χ0) is 20.4.